The maximum atomic E-state index is 7.87. The summed E-state index contributed by atoms with van der Waals surface area (Å²) in [7, 11) is 0. The zero-order chi connectivity index (χ0) is 10.0. The normalized spacial score (nSPS) is 8.92. The van der Waals surface area contributed by atoms with Gasteiger partial charge in [0, 0.05) is 0 Å². The number of hydrogen-bond donors (Lipinski definition) is 3. The van der Waals surface area contributed by atoms with Gasteiger partial charge in [0.05, 0.1) is 0 Å². The average Bonchev–Trinajstić information content (AvgIpc) is 1.85. The fourth-order valence-corrected chi connectivity index (χ4v) is 2.11. The average molecular weight is 278 g/mol. The molecule has 0 fully saturated rings. The van der Waals surface area contributed by atoms with Gasteiger partial charge in [-0.15, -0.1) is 0 Å². The molecular formula is C6H13O2PS2Zn. The van der Waals surface area contributed by atoms with Crippen molar-refractivity contribution < 1.29 is 26.9 Å². The molecule has 12 heavy (non-hydrogen) atoms. The van der Waals surface area contributed by atoms with Crippen molar-refractivity contribution >= 4 is 29.7 Å². The minimum atomic E-state index is -3.11. The van der Waals surface area contributed by atoms with Crippen molar-refractivity contribution in [2.45, 2.75) is 10.0 Å². The third-order valence-electron chi connectivity index (χ3n) is 0.816. The van der Waals surface area contributed by atoms with Crippen molar-refractivity contribution in [1.29, 1.82) is 0 Å². The number of hydrogen-bond acceptors (Lipinski definition) is 1. The largest absolute Gasteiger partial charge is 0.338 e. The van der Waals surface area contributed by atoms with Crippen LogP contribution in [0.15, 0.2) is 25.3 Å². The third kappa shape index (κ3) is 43.9. The summed E-state index contributed by atoms with van der Waals surface area (Å²) in [4.78, 5) is 15.7. The molecule has 0 rings (SSSR count). The van der Waals surface area contributed by atoms with E-state index in [4.69, 9.17) is 9.79 Å². The first kappa shape index (κ1) is 15.5. The minimum Gasteiger partial charge on any atom is -0.338 e. The van der Waals surface area contributed by atoms with Gasteiger partial charge in [-0.1, -0.05) is 12.2 Å². The maximum Gasteiger partial charge on any atom is 0.239 e. The van der Waals surface area contributed by atoms with Crippen LogP contribution in [0.25, 0.3) is 0 Å². The molecule has 6 heteroatoms. The van der Waals surface area contributed by atoms with E-state index < -0.39 is 5.69 Å². The van der Waals surface area contributed by atoms with Gasteiger partial charge in [-0.25, -0.2) is 0 Å². The molecule has 0 aliphatic rings. The molecular weight excluding hydrogens is 265 g/mol. The van der Waals surface area contributed by atoms with Crippen LogP contribution in [0.4, 0.5) is 0 Å². The van der Waals surface area contributed by atoms with Crippen LogP contribution in [0.5, 0.6) is 0 Å². The minimum absolute atomic E-state index is 0.184. The third-order valence-corrected chi connectivity index (χ3v) is 4.24. The number of thiol groups is 1. The van der Waals surface area contributed by atoms with Crippen LogP contribution in [-0.4, -0.2) is 9.79 Å². The molecule has 0 aliphatic heterocycles. The van der Waals surface area contributed by atoms with E-state index in [-0.39, 0.29) is 17.1 Å². The molecule has 0 amide bonds. The van der Waals surface area contributed by atoms with Gasteiger partial charge in [0.25, 0.3) is 0 Å². The second-order valence-electron chi connectivity index (χ2n) is 2.02. The van der Waals surface area contributed by atoms with Gasteiger partial charge in [0.15, 0.2) is 0 Å². The summed E-state index contributed by atoms with van der Waals surface area (Å²) in [6.45, 7) is 7.29. The fraction of sp³-hybridized carbons (Fsp3) is 0.333. The van der Waals surface area contributed by atoms with E-state index in [0.717, 1.165) is 0 Å². The Morgan fingerprint density at radius 3 is 1.75 bits per heavy atom. The van der Waals surface area contributed by atoms with Gasteiger partial charge in [-0.05, 0) is 11.8 Å². The number of allylic oxidation sites excluding steroid dienone is 2. The molecule has 0 saturated carbocycles. The van der Waals surface area contributed by atoms with Crippen LogP contribution in [-0.2, 0) is 28.9 Å². The molecule has 0 aromatic carbocycles. The van der Waals surface area contributed by atoms with E-state index in [0.29, 0.717) is 0 Å². The molecule has 0 bridgehead atoms. The van der Waals surface area contributed by atoms with Crippen molar-refractivity contribution in [3.63, 3.8) is 0 Å². The van der Waals surface area contributed by atoms with Crippen molar-refractivity contribution in [3.8, 4) is 0 Å². The Morgan fingerprint density at radius 1 is 1.33 bits per heavy atom. The monoisotopic (exact) mass is 276 g/mol. The van der Waals surface area contributed by atoms with E-state index >= 15 is 0 Å². The van der Waals surface area contributed by atoms with Crippen LogP contribution in [0, 0.1) is 0 Å². The Kier molecular flexibility index (Phi) is 13.0. The van der Waals surface area contributed by atoms with Gasteiger partial charge in [-0.2, -0.15) is 0 Å². The quantitative estimate of drug-likeness (QED) is 0.243. The first-order valence-corrected chi connectivity index (χ1v) is 11.5. The van der Waals surface area contributed by atoms with Crippen molar-refractivity contribution in [3.05, 3.63) is 25.3 Å². The van der Waals surface area contributed by atoms with Crippen LogP contribution in [0.3, 0.4) is 0 Å². The van der Waals surface area contributed by atoms with Crippen LogP contribution in [0.1, 0.15) is 0 Å². The SMILES string of the molecule is C=C[CH2][Zn][CH2]C=C.OP(O)(=S)S. The predicted octanol–water partition coefficient (Wildman–Crippen LogP) is 2.40. The summed E-state index contributed by atoms with van der Waals surface area (Å²) in [5.41, 5.74) is -3.11. The van der Waals surface area contributed by atoms with Gasteiger partial charge >= 0.3 is 52.5 Å². The van der Waals surface area contributed by atoms with Crippen LogP contribution >= 0.6 is 17.9 Å². The molecule has 2 N–H and O–H groups in total. The summed E-state index contributed by atoms with van der Waals surface area (Å²) in [5.74, 6) is 0. The van der Waals surface area contributed by atoms with Gasteiger partial charge < -0.3 is 9.79 Å². The van der Waals surface area contributed by atoms with E-state index in [1.54, 1.807) is 0 Å². The molecule has 0 atom stereocenters. The topological polar surface area (TPSA) is 40.5 Å². The molecule has 0 radical (unpaired) electrons. The molecule has 68 valence electrons. The Bertz CT molecular complexity index is 153. The molecule has 0 unspecified atom stereocenters. The Morgan fingerprint density at radius 2 is 1.58 bits per heavy atom. The fourth-order valence-electron chi connectivity index (χ4n) is 0.407. The second-order valence-corrected chi connectivity index (χ2v) is 11.0. The van der Waals surface area contributed by atoms with E-state index in [1.165, 1.54) is 10.0 Å². The van der Waals surface area contributed by atoms with Crippen molar-refractivity contribution in [2.24, 2.45) is 0 Å². The molecule has 0 saturated heterocycles. The first-order valence-electron chi connectivity index (χ1n) is 3.42. The zero-order valence-electron chi connectivity index (χ0n) is 6.89. The van der Waals surface area contributed by atoms with Crippen LogP contribution in [0.2, 0.25) is 10.0 Å². The summed E-state index contributed by atoms with van der Waals surface area (Å²) in [6.07, 6.45) is 4.03. The molecule has 0 aliphatic carbocycles. The Labute approximate surface area is 91.7 Å². The van der Waals surface area contributed by atoms with Gasteiger partial charge in [0.1, 0.15) is 0 Å². The summed E-state index contributed by atoms with van der Waals surface area (Å²) in [6, 6.07) is 0. The van der Waals surface area contributed by atoms with E-state index in [9.17, 15) is 0 Å². The van der Waals surface area contributed by atoms with Crippen LogP contribution < -0.4 is 0 Å². The molecule has 2 nitrogen and oxygen atoms in total. The Hall–Kier alpha value is 1.02. The second kappa shape index (κ2) is 10.1. The molecule has 0 aromatic rings. The molecule has 0 aromatic heterocycles. The Balaban J connectivity index is 0. The summed E-state index contributed by atoms with van der Waals surface area (Å²) in [5, 5.41) is 2.61. The molecule has 0 heterocycles. The molecule has 0 spiro atoms. The summed E-state index contributed by atoms with van der Waals surface area (Å²) >= 11 is 6.89. The van der Waals surface area contributed by atoms with Gasteiger partial charge in [0.2, 0.25) is 5.69 Å². The standard InChI is InChI=1S/2C3H5.H3O2PS2.Zn/c2*1-3-2;1-3(2,4)5;/h2*3H,1-2H2;(H3,1,2,4,5);. The summed E-state index contributed by atoms with van der Waals surface area (Å²) < 4.78 is 0. The maximum absolute atomic E-state index is 7.87. The zero-order valence-corrected chi connectivity index (χ0v) is 12.5. The smallest absolute Gasteiger partial charge is 0.239 e. The van der Waals surface area contributed by atoms with E-state index in [2.05, 4.69) is 37.2 Å². The van der Waals surface area contributed by atoms with Gasteiger partial charge in [-0.3, -0.25) is 0 Å². The first-order chi connectivity index (χ1) is 5.41. The van der Waals surface area contributed by atoms with E-state index in [1.807, 2.05) is 12.2 Å². The van der Waals surface area contributed by atoms with Crippen molar-refractivity contribution in [2.75, 3.05) is 0 Å². The predicted molar refractivity (Wildman–Crippen MR) is 57.7 cm³/mol. The van der Waals surface area contributed by atoms with Crippen molar-refractivity contribution in [1.82, 2.24) is 0 Å². The number of rotatable bonds is 4.